The standard InChI is InChI=1S/C11H8Br2N2/c1-7-14-10(6-11(13)15-7)8-2-4-9(12)5-3-8/h2-6H,1H3. The van der Waals surface area contributed by atoms with E-state index in [2.05, 4.69) is 41.8 Å². The molecule has 0 spiro atoms. The Morgan fingerprint density at radius 3 is 2.27 bits per heavy atom. The summed E-state index contributed by atoms with van der Waals surface area (Å²) in [5, 5.41) is 0. The number of aromatic nitrogens is 2. The Morgan fingerprint density at radius 1 is 1.00 bits per heavy atom. The van der Waals surface area contributed by atoms with Gasteiger partial charge in [-0.05, 0) is 41.1 Å². The highest BCUT2D eigenvalue weighted by Gasteiger charge is 2.02. The van der Waals surface area contributed by atoms with Crippen LogP contribution < -0.4 is 0 Å². The molecule has 2 nitrogen and oxygen atoms in total. The van der Waals surface area contributed by atoms with Crippen LogP contribution in [0.3, 0.4) is 0 Å². The van der Waals surface area contributed by atoms with Crippen LogP contribution in [-0.2, 0) is 0 Å². The predicted octanol–water partition coefficient (Wildman–Crippen LogP) is 3.98. The van der Waals surface area contributed by atoms with E-state index in [-0.39, 0.29) is 0 Å². The second-order valence-electron chi connectivity index (χ2n) is 3.13. The molecular weight excluding hydrogens is 320 g/mol. The first-order chi connectivity index (χ1) is 7.15. The normalized spacial score (nSPS) is 10.3. The molecular formula is C11H8Br2N2. The van der Waals surface area contributed by atoms with Gasteiger partial charge in [-0.1, -0.05) is 28.1 Å². The lowest BCUT2D eigenvalue weighted by molar-refractivity contribution is 1.04. The van der Waals surface area contributed by atoms with Crippen LogP contribution in [0.25, 0.3) is 11.3 Å². The number of halogens is 2. The Balaban J connectivity index is 2.49. The van der Waals surface area contributed by atoms with Crippen molar-refractivity contribution in [2.75, 3.05) is 0 Å². The number of hydrogen-bond donors (Lipinski definition) is 0. The van der Waals surface area contributed by atoms with Gasteiger partial charge in [0.05, 0.1) is 5.69 Å². The first-order valence-corrected chi connectivity index (χ1v) is 6.01. The summed E-state index contributed by atoms with van der Waals surface area (Å²) < 4.78 is 1.88. The van der Waals surface area contributed by atoms with Gasteiger partial charge in [0.2, 0.25) is 0 Å². The zero-order valence-corrected chi connectivity index (χ0v) is 11.2. The molecule has 0 aliphatic heterocycles. The molecule has 0 aliphatic carbocycles. The Labute approximate surface area is 105 Å². The topological polar surface area (TPSA) is 25.8 Å². The lowest BCUT2D eigenvalue weighted by Gasteiger charge is -2.02. The highest BCUT2D eigenvalue weighted by molar-refractivity contribution is 9.10. The smallest absolute Gasteiger partial charge is 0.127 e. The highest BCUT2D eigenvalue weighted by Crippen LogP contribution is 2.22. The van der Waals surface area contributed by atoms with Crippen molar-refractivity contribution in [1.82, 2.24) is 9.97 Å². The zero-order valence-electron chi connectivity index (χ0n) is 8.04. The van der Waals surface area contributed by atoms with Crippen molar-refractivity contribution in [3.63, 3.8) is 0 Å². The maximum atomic E-state index is 4.38. The number of aryl methyl sites for hydroxylation is 1. The minimum Gasteiger partial charge on any atom is -0.233 e. The summed E-state index contributed by atoms with van der Waals surface area (Å²) >= 11 is 6.77. The molecule has 0 N–H and O–H groups in total. The third-order valence-electron chi connectivity index (χ3n) is 1.95. The van der Waals surface area contributed by atoms with Crippen LogP contribution in [0.15, 0.2) is 39.4 Å². The van der Waals surface area contributed by atoms with E-state index < -0.39 is 0 Å². The van der Waals surface area contributed by atoms with Crippen LogP contribution in [-0.4, -0.2) is 9.97 Å². The van der Waals surface area contributed by atoms with Crippen molar-refractivity contribution >= 4 is 31.9 Å². The fraction of sp³-hybridized carbons (Fsp3) is 0.0909. The van der Waals surface area contributed by atoms with E-state index in [0.29, 0.717) is 0 Å². The average Bonchev–Trinajstić information content (AvgIpc) is 2.17. The monoisotopic (exact) mass is 326 g/mol. The minimum atomic E-state index is 0.766. The van der Waals surface area contributed by atoms with Crippen LogP contribution in [0.5, 0.6) is 0 Å². The molecule has 2 aromatic rings. The fourth-order valence-electron chi connectivity index (χ4n) is 1.30. The number of benzene rings is 1. The van der Waals surface area contributed by atoms with Gasteiger partial charge in [0.1, 0.15) is 10.4 Å². The molecule has 0 unspecified atom stereocenters. The summed E-state index contributed by atoms with van der Waals surface area (Å²) in [5.41, 5.74) is 2.02. The average molecular weight is 328 g/mol. The van der Waals surface area contributed by atoms with Gasteiger partial charge in [-0.25, -0.2) is 9.97 Å². The van der Waals surface area contributed by atoms with Gasteiger partial charge < -0.3 is 0 Å². The number of nitrogens with zero attached hydrogens (tertiary/aromatic N) is 2. The summed E-state index contributed by atoms with van der Waals surface area (Å²) in [6, 6.07) is 9.97. The van der Waals surface area contributed by atoms with E-state index in [1.807, 2.05) is 37.3 Å². The molecule has 0 atom stereocenters. The van der Waals surface area contributed by atoms with Gasteiger partial charge in [0, 0.05) is 10.0 Å². The van der Waals surface area contributed by atoms with E-state index in [4.69, 9.17) is 0 Å². The van der Waals surface area contributed by atoms with E-state index in [9.17, 15) is 0 Å². The van der Waals surface area contributed by atoms with Crippen LogP contribution in [0.1, 0.15) is 5.82 Å². The van der Waals surface area contributed by atoms with Gasteiger partial charge in [0.15, 0.2) is 0 Å². The Kier molecular flexibility index (Phi) is 3.17. The molecule has 4 heteroatoms. The van der Waals surface area contributed by atoms with Crippen LogP contribution in [0, 0.1) is 6.92 Å². The quantitative estimate of drug-likeness (QED) is 0.740. The van der Waals surface area contributed by atoms with Gasteiger partial charge in [-0.15, -0.1) is 0 Å². The van der Waals surface area contributed by atoms with Crippen LogP contribution in [0.4, 0.5) is 0 Å². The summed E-state index contributed by atoms with van der Waals surface area (Å²) in [7, 11) is 0. The second-order valence-corrected chi connectivity index (χ2v) is 4.86. The third kappa shape index (κ3) is 2.63. The van der Waals surface area contributed by atoms with E-state index in [1.54, 1.807) is 0 Å². The van der Waals surface area contributed by atoms with Crippen LogP contribution in [0.2, 0.25) is 0 Å². The van der Waals surface area contributed by atoms with E-state index in [1.165, 1.54) is 0 Å². The maximum absolute atomic E-state index is 4.38. The fourth-order valence-corrected chi connectivity index (χ4v) is 2.04. The molecule has 76 valence electrons. The number of rotatable bonds is 1. The Bertz CT molecular complexity index is 460. The van der Waals surface area contributed by atoms with Crippen molar-refractivity contribution in [2.24, 2.45) is 0 Å². The molecule has 0 radical (unpaired) electrons. The first kappa shape index (κ1) is 10.8. The van der Waals surface area contributed by atoms with Crippen molar-refractivity contribution in [3.05, 3.63) is 45.2 Å². The predicted molar refractivity (Wildman–Crippen MR) is 67.6 cm³/mol. The van der Waals surface area contributed by atoms with Gasteiger partial charge in [-0.2, -0.15) is 0 Å². The summed E-state index contributed by atoms with van der Waals surface area (Å²) in [6.07, 6.45) is 0. The molecule has 1 aromatic heterocycles. The minimum absolute atomic E-state index is 0.766. The molecule has 0 amide bonds. The van der Waals surface area contributed by atoms with Crippen molar-refractivity contribution in [3.8, 4) is 11.3 Å². The summed E-state index contributed by atoms with van der Waals surface area (Å²) in [4.78, 5) is 8.55. The molecule has 0 aliphatic rings. The molecule has 0 saturated carbocycles. The Morgan fingerprint density at radius 2 is 1.67 bits per heavy atom. The molecule has 2 rings (SSSR count). The largest absolute Gasteiger partial charge is 0.233 e. The van der Waals surface area contributed by atoms with Crippen molar-refractivity contribution in [1.29, 1.82) is 0 Å². The molecule has 0 fully saturated rings. The first-order valence-electron chi connectivity index (χ1n) is 4.42. The van der Waals surface area contributed by atoms with Crippen molar-refractivity contribution in [2.45, 2.75) is 6.92 Å². The van der Waals surface area contributed by atoms with E-state index in [0.717, 1.165) is 26.2 Å². The van der Waals surface area contributed by atoms with E-state index >= 15 is 0 Å². The lowest BCUT2D eigenvalue weighted by Crippen LogP contribution is -1.91. The lowest BCUT2D eigenvalue weighted by atomic mass is 10.1. The zero-order chi connectivity index (χ0) is 10.8. The molecule has 1 heterocycles. The summed E-state index contributed by atoms with van der Waals surface area (Å²) in [6.45, 7) is 1.88. The molecule has 0 saturated heterocycles. The Hall–Kier alpha value is -0.740. The molecule has 1 aromatic carbocycles. The van der Waals surface area contributed by atoms with Gasteiger partial charge >= 0.3 is 0 Å². The van der Waals surface area contributed by atoms with Crippen molar-refractivity contribution < 1.29 is 0 Å². The van der Waals surface area contributed by atoms with Gasteiger partial charge in [-0.3, -0.25) is 0 Å². The third-order valence-corrected chi connectivity index (χ3v) is 2.88. The maximum Gasteiger partial charge on any atom is 0.127 e. The van der Waals surface area contributed by atoms with Crippen LogP contribution >= 0.6 is 31.9 Å². The molecule has 0 bridgehead atoms. The molecule has 15 heavy (non-hydrogen) atoms. The van der Waals surface area contributed by atoms with Gasteiger partial charge in [0.25, 0.3) is 0 Å². The highest BCUT2D eigenvalue weighted by atomic mass is 79.9. The summed E-state index contributed by atoms with van der Waals surface area (Å²) in [5.74, 6) is 0.766. The SMILES string of the molecule is Cc1nc(Br)cc(-c2ccc(Br)cc2)n1. The second kappa shape index (κ2) is 4.41. The number of hydrogen-bond acceptors (Lipinski definition) is 2.